The molecule has 0 saturated heterocycles. The van der Waals surface area contributed by atoms with E-state index in [4.69, 9.17) is 0 Å². The Morgan fingerprint density at radius 1 is 1.27 bits per heavy atom. The molecule has 15 heavy (non-hydrogen) atoms. The summed E-state index contributed by atoms with van der Waals surface area (Å²) >= 11 is 0. The van der Waals surface area contributed by atoms with Gasteiger partial charge in [-0.25, -0.2) is 0 Å². The number of nitrogens with zero attached hydrogens (tertiary/aromatic N) is 2. The third-order valence-corrected chi connectivity index (χ3v) is 2.27. The minimum Gasteiger partial charge on any atom is -0.308 e. The fourth-order valence-electron chi connectivity index (χ4n) is 1.40. The van der Waals surface area contributed by atoms with Gasteiger partial charge in [0.25, 0.3) is 0 Å². The van der Waals surface area contributed by atoms with Crippen LogP contribution in [-0.4, -0.2) is 16.5 Å². The molecular weight excluding hydrogens is 186 g/mol. The summed E-state index contributed by atoms with van der Waals surface area (Å²) < 4.78 is 0. The third-order valence-electron chi connectivity index (χ3n) is 2.27. The minimum atomic E-state index is 0.262. The first-order valence-corrected chi connectivity index (χ1v) is 5.41. The Morgan fingerprint density at radius 3 is 2.40 bits per heavy atom. The first kappa shape index (κ1) is 12.1. The molecule has 0 amide bonds. The molecule has 1 N–H and O–H groups in total. The van der Waals surface area contributed by atoms with Crippen LogP contribution in [0.25, 0.3) is 0 Å². The highest BCUT2D eigenvalue weighted by Gasteiger charge is 2.14. The van der Waals surface area contributed by atoms with Crippen LogP contribution in [0, 0.1) is 12.3 Å². The molecule has 0 aliphatic carbocycles. The summed E-state index contributed by atoms with van der Waals surface area (Å²) in [6.45, 7) is 11.8. The lowest BCUT2D eigenvalue weighted by Crippen LogP contribution is -2.30. The van der Waals surface area contributed by atoms with Gasteiger partial charge in [-0.1, -0.05) is 20.8 Å². The number of aryl methyl sites for hydroxylation is 1. The fourth-order valence-corrected chi connectivity index (χ4v) is 1.40. The molecule has 0 aromatic carbocycles. The smallest absolute Gasteiger partial charge is 0.0782 e. The predicted molar refractivity (Wildman–Crippen MR) is 62.6 cm³/mol. The van der Waals surface area contributed by atoms with Crippen LogP contribution in [0.4, 0.5) is 0 Å². The molecule has 3 heteroatoms. The zero-order valence-electron chi connectivity index (χ0n) is 10.3. The van der Waals surface area contributed by atoms with Crippen LogP contribution >= 0.6 is 0 Å². The minimum absolute atomic E-state index is 0.262. The SMILES string of the molecule is Cc1nccnc1C(C)NCC(C)(C)C. The maximum atomic E-state index is 4.35. The van der Waals surface area contributed by atoms with Gasteiger partial charge in [-0.15, -0.1) is 0 Å². The van der Waals surface area contributed by atoms with E-state index in [1.165, 1.54) is 0 Å². The van der Waals surface area contributed by atoms with E-state index < -0.39 is 0 Å². The number of rotatable bonds is 3. The molecule has 1 aromatic heterocycles. The third kappa shape index (κ3) is 3.96. The van der Waals surface area contributed by atoms with E-state index in [-0.39, 0.29) is 6.04 Å². The van der Waals surface area contributed by atoms with E-state index >= 15 is 0 Å². The molecule has 1 aromatic rings. The molecular formula is C12H21N3. The second kappa shape index (κ2) is 4.71. The van der Waals surface area contributed by atoms with Gasteiger partial charge in [0.15, 0.2) is 0 Å². The van der Waals surface area contributed by atoms with Crippen molar-refractivity contribution >= 4 is 0 Å². The van der Waals surface area contributed by atoms with Gasteiger partial charge in [0.05, 0.1) is 11.4 Å². The monoisotopic (exact) mass is 207 g/mol. The number of hydrogen-bond donors (Lipinski definition) is 1. The highest BCUT2D eigenvalue weighted by atomic mass is 15.0. The van der Waals surface area contributed by atoms with Crippen LogP contribution in [0.1, 0.15) is 45.1 Å². The summed E-state index contributed by atoms with van der Waals surface area (Å²) in [6, 6.07) is 0.262. The van der Waals surface area contributed by atoms with Gasteiger partial charge in [-0.2, -0.15) is 0 Å². The van der Waals surface area contributed by atoms with Crippen molar-refractivity contribution in [3.05, 3.63) is 23.8 Å². The normalized spacial score (nSPS) is 13.9. The van der Waals surface area contributed by atoms with Crippen molar-refractivity contribution in [1.29, 1.82) is 0 Å². The largest absolute Gasteiger partial charge is 0.308 e. The zero-order chi connectivity index (χ0) is 11.5. The molecule has 0 spiro atoms. The van der Waals surface area contributed by atoms with Gasteiger partial charge in [0.2, 0.25) is 0 Å². The van der Waals surface area contributed by atoms with E-state index in [2.05, 4.69) is 43.0 Å². The van der Waals surface area contributed by atoms with Crippen LogP contribution in [0.5, 0.6) is 0 Å². The molecule has 0 aliphatic rings. The second-order valence-electron chi connectivity index (χ2n) is 5.19. The van der Waals surface area contributed by atoms with Crippen molar-refractivity contribution in [1.82, 2.24) is 15.3 Å². The summed E-state index contributed by atoms with van der Waals surface area (Å²) in [5.41, 5.74) is 2.35. The maximum Gasteiger partial charge on any atom is 0.0782 e. The molecule has 1 rings (SSSR count). The standard InChI is InChI=1S/C12H21N3/c1-9-11(14-7-6-13-9)10(2)15-8-12(3,4)5/h6-7,10,15H,8H2,1-5H3. The Hall–Kier alpha value is -0.960. The van der Waals surface area contributed by atoms with Crippen molar-refractivity contribution in [3.8, 4) is 0 Å². The molecule has 0 radical (unpaired) electrons. The van der Waals surface area contributed by atoms with Crippen molar-refractivity contribution in [2.24, 2.45) is 5.41 Å². The predicted octanol–water partition coefficient (Wildman–Crippen LogP) is 2.48. The topological polar surface area (TPSA) is 37.8 Å². The van der Waals surface area contributed by atoms with Gasteiger partial charge in [0.1, 0.15) is 0 Å². The summed E-state index contributed by atoms with van der Waals surface area (Å²) in [5.74, 6) is 0. The fraction of sp³-hybridized carbons (Fsp3) is 0.667. The lowest BCUT2D eigenvalue weighted by Gasteiger charge is -2.22. The van der Waals surface area contributed by atoms with Crippen LogP contribution in [0.2, 0.25) is 0 Å². The zero-order valence-corrected chi connectivity index (χ0v) is 10.3. The van der Waals surface area contributed by atoms with Crippen molar-refractivity contribution < 1.29 is 0 Å². The average molecular weight is 207 g/mol. The first-order valence-electron chi connectivity index (χ1n) is 5.41. The quantitative estimate of drug-likeness (QED) is 0.827. The van der Waals surface area contributed by atoms with Crippen molar-refractivity contribution in [2.45, 2.75) is 40.7 Å². The maximum absolute atomic E-state index is 4.35. The summed E-state index contributed by atoms with van der Waals surface area (Å²) in [7, 11) is 0. The Morgan fingerprint density at radius 2 is 1.87 bits per heavy atom. The highest BCUT2D eigenvalue weighted by molar-refractivity contribution is 5.12. The number of nitrogens with one attached hydrogen (secondary N) is 1. The van der Waals surface area contributed by atoms with Crippen LogP contribution in [-0.2, 0) is 0 Å². The molecule has 1 atom stereocenters. The lowest BCUT2D eigenvalue weighted by atomic mass is 9.96. The van der Waals surface area contributed by atoms with Crippen LogP contribution < -0.4 is 5.32 Å². The van der Waals surface area contributed by atoms with E-state index in [9.17, 15) is 0 Å². The second-order valence-corrected chi connectivity index (χ2v) is 5.19. The van der Waals surface area contributed by atoms with Gasteiger partial charge in [0, 0.05) is 25.0 Å². The Bertz CT molecular complexity index is 315. The van der Waals surface area contributed by atoms with E-state index in [0.717, 1.165) is 17.9 Å². The molecule has 0 fully saturated rings. The number of hydrogen-bond acceptors (Lipinski definition) is 3. The number of aromatic nitrogens is 2. The summed E-state index contributed by atoms with van der Waals surface area (Å²) in [4.78, 5) is 8.60. The van der Waals surface area contributed by atoms with E-state index in [1.54, 1.807) is 12.4 Å². The van der Waals surface area contributed by atoms with Crippen molar-refractivity contribution in [3.63, 3.8) is 0 Å². The van der Waals surface area contributed by atoms with E-state index in [1.807, 2.05) is 6.92 Å². The van der Waals surface area contributed by atoms with Gasteiger partial charge in [-0.05, 0) is 19.3 Å². The Balaban J connectivity index is 2.62. The first-order chi connectivity index (χ1) is 6.90. The molecule has 1 unspecified atom stereocenters. The summed E-state index contributed by atoms with van der Waals surface area (Å²) in [5, 5.41) is 3.48. The molecule has 0 aliphatic heterocycles. The Kier molecular flexibility index (Phi) is 3.80. The Labute approximate surface area is 92.3 Å². The molecule has 84 valence electrons. The van der Waals surface area contributed by atoms with Gasteiger partial charge < -0.3 is 5.32 Å². The average Bonchev–Trinajstić information content (AvgIpc) is 2.14. The lowest BCUT2D eigenvalue weighted by molar-refractivity contribution is 0.357. The molecule has 0 saturated carbocycles. The van der Waals surface area contributed by atoms with Crippen molar-refractivity contribution in [2.75, 3.05) is 6.54 Å². The molecule has 0 bridgehead atoms. The summed E-state index contributed by atoms with van der Waals surface area (Å²) in [6.07, 6.45) is 3.48. The van der Waals surface area contributed by atoms with Crippen LogP contribution in [0.15, 0.2) is 12.4 Å². The van der Waals surface area contributed by atoms with Gasteiger partial charge >= 0.3 is 0 Å². The van der Waals surface area contributed by atoms with Gasteiger partial charge in [-0.3, -0.25) is 9.97 Å². The molecule has 1 heterocycles. The van der Waals surface area contributed by atoms with E-state index in [0.29, 0.717) is 5.41 Å². The highest BCUT2D eigenvalue weighted by Crippen LogP contribution is 2.16. The molecule has 3 nitrogen and oxygen atoms in total. The van der Waals surface area contributed by atoms with Crippen LogP contribution in [0.3, 0.4) is 0 Å².